The molecule has 0 spiro atoms. The van der Waals surface area contributed by atoms with Crippen LogP contribution in [0.3, 0.4) is 0 Å². The zero-order valence-corrected chi connectivity index (χ0v) is 28.9. The van der Waals surface area contributed by atoms with E-state index in [1.807, 2.05) is 100 Å². The summed E-state index contributed by atoms with van der Waals surface area (Å²) in [5.74, 6) is 0.599. The van der Waals surface area contributed by atoms with Gasteiger partial charge in [0.2, 0.25) is 10.2 Å². The number of ether oxygens (including phenoxy) is 4. The maximum Gasteiger partial charge on any atom is 0.514 e. The largest absolute Gasteiger partial charge is 0.514 e. The molecule has 0 saturated heterocycles. The molecule has 0 aromatic heterocycles. The van der Waals surface area contributed by atoms with Crippen molar-refractivity contribution in [3.05, 3.63) is 131 Å². The van der Waals surface area contributed by atoms with E-state index in [2.05, 4.69) is 0 Å². The maximum absolute atomic E-state index is 13.1. The first-order chi connectivity index (χ1) is 22.9. The monoisotopic (exact) mass is 686 g/mol. The molecule has 0 bridgehead atoms. The summed E-state index contributed by atoms with van der Waals surface area (Å²) in [6.07, 6.45) is -1.52. The third kappa shape index (κ3) is 11.0. The van der Waals surface area contributed by atoms with E-state index in [0.717, 1.165) is 32.7 Å². The molecule has 0 heterocycles. The van der Waals surface area contributed by atoms with Crippen molar-refractivity contribution in [2.75, 3.05) is 0 Å². The molecule has 250 valence electrons. The van der Waals surface area contributed by atoms with Crippen LogP contribution in [0.4, 0.5) is 9.59 Å². The molecule has 0 saturated carbocycles. The fraction of sp³-hybridized carbons (Fsp3) is 0.263. The molecular weight excluding hydrogens is 649 g/mol. The van der Waals surface area contributed by atoms with E-state index in [0.29, 0.717) is 22.6 Å². The molecule has 8 nitrogen and oxygen atoms in total. The van der Waals surface area contributed by atoms with Gasteiger partial charge in [0.1, 0.15) is 24.7 Å². The van der Waals surface area contributed by atoms with Crippen molar-refractivity contribution in [1.82, 2.24) is 0 Å². The van der Waals surface area contributed by atoms with Crippen molar-refractivity contribution < 1.29 is 38.1 Å². The van der Waals surface area contributed by atoms with Crippen molar-refractivity contribution in [1.29, 1.82) is 0 Å². The lowest BCUT2D eigenvalue weighted by atomic mass is 9.81. The first-order valence-electron chi connectivity index (χ1n) is 15.3. The fourth-order valence-corrected chi connectivity index (χ4v) is 6.90. The van der Waals surface area contributed by atoms with Gasteiger partial charge in [-0.25, -0.2) is 9.59 Å². The van der Waals surface area contributed by atoms with Crippen LogP contribution in [-0.2, 0) is 43.1 Å². The van der Waals surface area contributed by atoms with Gasteiger partial charge in [0.05, 0.1) is 0 Å². The van der Waals surface area contributed by atoms with Crippen molar-refractivity contribution in [2.24, 2.45) is 0 Å². The summed E-state index contributed by atoms with van der Waals surface area (Å²) in [4.78, 5) is 51.1. The van der Waals surface area contributed by atoms with E-state index >= 15 is 0 Å². The van der Waals surface area contributed by atoms with Crippen LogP contribution in [0.25, 0.3) is 0 Å². The number of benzene rings is 4. The number of carbonyl (C=O) groups is 4. The molecule has 0 aliphatic carbocycles. The Labute approximate surface area is 288 Å². The first kappa shape index (κ1) is 36.3. The number of rotatable bonds is 12. The Balaban J connectivity index is 1.29. The molecule has 4 rings (SSSR count). The highest BCUT2D eigenvalue weighted by Crippen LogP contribution is 2.40. The molecule has 0 N–H and O–H groups in total. The van der Waals surface area contributed by atoms with Crippen LogP contribution in [0.1, 0.15) is 62.8 Å². The minimum atomic E-state index is -0.845. The first-order valence-corrected chi connectivity index (χ1v) is 17.4. The molecule has 0 amide bonds. The average Bonchev–Trinajstić information content (AvgIpc) is 3.06. The summed E-state index contributed by atoms with van der Waals surface area (Å²) in [6.45, 7) is 7.64. The van der Waals surface area contributed by atoms with Gasteiger partial charge in [0, 0.05) is 34.8 Å². The topological polar surface area (TPSA) is 105 Å². The normalized spacial score (nSPS) is 11.3. The smallest absolute Gasteiger partial charge is 0.429 e. The van der Waals surface area contributed by atoms with Crippen LogP contribution in [0, 0.1) is 0 Å². The number of para-hydroxylation sites is 2. The summed E-state index contributed by atoms with van der Waals surface area (Å²) in [5.41, 5.74) is 1.55. The van der Waals surface area contributed by atoms with E-state index < -0.39 is 23.1 Å². The van der Waals surface area contributed by atoms with Crippen molar-refractivity contribution >= 4 is 44.1 Å². The van der Waals surface area contributed by atoms with Crippen LogP contribution in [-0.4, -0.2) is 22.5 Å². The summed E-state index contributed by atoms with van der Waals surface area (Å²) >= 11 is 0. The van der Waals surface area contributed by atoms with Gasteiger partial charge in [-0.2, -0.15) is 0 Å². The van der Waals surface area contributed by atoms with Crippen molar-refractivity contribution in [3.63, 3.8) is 0 Å². The standard InChI is InChI=1S/C38H38O8S2/c1-37(2,29-19-11-13-21-31(29)45-35(41)43-25-27-15-7-5-8-16-27)23-33(39)47-48-34(40)24-38(3,4)30-20-12-14-22-32(30)46-36(42)44-26-28-17-9-6-10-18-28/h5-22H,23-26H2,1-4H3. The van der Waals surface area contributed by atoms with Gasteiger partial charge in [-0.15, -0.1) is 0 Å². The molecule has 0 aliphatic rings. The molecule has 4 aromatic carbocycles. The average molecular weight is 687 g/mol. The highest BCUT2D eigenvalue weighted by molar-refractivity contribution is 8.87. The minimum absolute atomic E-state index is 0.0717. The lowest BCUT2D eigenvalue weighted by molar-refractivity contribution is -0.113. The van der Waals surface area contributed by atoms with E-state index in [1.165, 1.54) is 0 Å². The van der Waals surface area contributed by atoms with E-state index in [4.69, 9.17) is 18.9 Å². The van der Waals surface area contributed by atoms with Gasteiger partial charge in [-0.05, 0) is 44.8 Å². The summed E-state index contributed by atoms with van der Waals surface area (Å²) in [5, 5.41) is -0.412. The van der Waals surface area contributed by atoms with Crippen LogP contribution in [0.5, 0.6) is 11.5 Å². The SMILES string of the molecule is CC(C)(CC(=O)SSC(=O)CC(C)(C)c1ccccc1OC(=O)OCc1ccccc1)c1ccccc1OC(=O)OCc1ccccc1. The van der Waals surface area contributed by atoms with Crippen LogP contribution >= 0.6 is 21.6 Å². The molecule has 10 heteroatoms. The Kier molecular flexibility index (Phi) is 12.9. The van der Waals surface area contributed by atoms with E-state index in [-0.39, 0.29) is 36.3 Å². The Morgan fingerprint density at radius 2 is 0.833 bits per heavy atom. The van der Waals surface area contributed by atoms with Gasteiger partial charge in [-0.3, -0.25) is 9.59 Å². The second-order valence-electron chi connectivity index (χ2n) is 12.3. The maximum atomic E-state index is 13.1. The van der Waals surface area contributed by atoms with E-state index in [1.54, 1.807) is 36.4 Å². The summed E-state index contributed by atoms with van der Waals surface area (Å²) in [6, 6.07) is 32.6. The molecular formula is C38H38O8S2. The fourth-order valence-electron chi connectivity index (χ4n) is 4.96. The quantitative estimate of drug-likeness (QED) is 0.0813. The zero-order chi connectivity index (χ0) is 34.6. The van der Waals surface area contributed by atoms with E-state index in [9.17, 15) is 19.2 Å². The molecule has 0 radical (unpaired) electrons. The van der Waals surface area contributed by atoms with Gasteiger partial charge in [-0.1, -0.05) is 125 Å². The lowest BCUT2D eigenvalue weighted by Crippen LogP contribution is -2.23. The van der Waals surface area contributed by atoms with Gasteiger partial charge in [0.25, 0.3) is 0 Å². The second-order valence-corrected chi connectivity index (χ2v) is 14.5. The molecule has 0 aliphatic heterocycles. The van der Waals surface area contributed by atoms with Crippen molar-refractivity contribution in [3.8, 4) is 11.5 Å². The predicted molar refractivity (Wildman–Crippen MR) is 188 cm³/mol. The van der Waals surface area contributed by atoms with Crippen molar-refractivity contribution in [2.45, 2.75) is 64.6 Å². The lowest BCUT2D eigenvalue weighted by Gasteiger charge is -2.27. The van der Waals surface area contributed by atoms with Crippen LogP contribution in [0.15, 0.2) is 109 Å². The molecule has 0 atom stereocenters. The summed E-state index contributed by atoms with van der Waals surface area (Å²) < 4.78 is 21.6. The number of hydrogen-bond acceptors (Lipinski definition) is 10. The molecule has 0 unspecified atom stereocenters. The third-order valence-corrected chi connectivity index (χ3v) is 9.53. The molecule has 4 aromatic rings. The Bertz CT molecular complexity index is 1580. The molecule has 0 fully saturated rings. The third-order valence-electron chi connectivity index (χ3n) is 7.42. The molecule has 48 heavy (non-hydrogen) atoms. The Hall–Kier alpha value is -4.54. The van der Waals surface area contributed by atoms with Gasteiger partial charge >= 0.3 is 12.3 Å². The van der Waals surface area contributed by atoms with Gasteiger partial charge in [0.15, 0.2) is 0 Å². The van der Waals surface area contributed by atoms with Gasteiger partial charge < -0.3 is 18.9 Å². The van der Waals surface area contributed by atoms with Crippen LogP contribution in [0.2, 0.25) is 0 Å². The number of hydrogen-bond donors (Lipinski definition) is 0. The summed E-state index contributed by atoms with van der Waals surface area (Å²) in [7, 11) is 1.75. The minimum Gasteiger partial charge on any atom is -0.429 e. The Morgan fingerprint density at radius 1 is 0.500 bits per heavy atom. The zero-order valence-electron chi connectivity index (χ0n) is 27.3. The Morgan fingerprint density at radius 3 is 1.21 bits per heavy atom. The predicted octanol–water partition coefficient (Wildman–Crippen LogP) is 9.59. The highest BCUT2D eigenvalue weighted by Gasteiger charge is 2.31. The highest BCUT2D eigenvalue weighted by atomic mass is 33.1. The number of carbonyl (C=O) groups excluding carboxylic acids is 4. The second kappa shape index (κ2) is 17.0. The van der Waals surface area contributed by atoms with Crippen LogP contribution < -0.4 is 9.47 Å².